The van der Waals surface area contributed by atoms with Crippen LogP contribution in [0, 0.1) is 11.3 Å². The quantitative estimate of drug-likeness (QED) is 0.610. The number of rotatable bonds is 8. The maximum Gasteiger partial charge on any atom is 0.00109 e. The Labute approximate surface area is 96.0 Å². The van der Waals surface area contributed by atoms with Crippen LogP contribution in [-0.2, 0) is 0 Å². The first-order valence-electron chi connectivity index (χ1n) is 6.30. The molecule has 92 valence electrons. The number of hydrogen-bond acceptors (Lipinski definition) is 2. The molecule has 0 rings (SSSR count). The molecule has 0 aromatic carbocycles. The van der Waals surface area contributed by atoms with Crippen molar-refractivity contribution in [2.75, 3.05) is 13.1 Å². The van der Waals surface area contributed by atoms with Gasteiger partial charge in [0.1, 0.15) is 0 Å². The van der Waals surface area contributed by atoms with E-state index in [0.717, 1.165) is 25.4 Å². The van der Waals surface area contributed by atoms with Crippen LogP contribution in [0.5, 0.6) is 0 Å². The Morgan fingerprint density at radius 1 is 1.20 bits per heavy atom. The highest BCUT2D eigenvalue weighted by molar-refractivity contribution is 4.73. The summed E-state index contributed by atoms with van der Waals surface area (Å²) in [5.74, 6) is 0.783. The van der Waals surface area contributed by atoms with E-state index in [1.165, 1.54) is 12.8 Å². The number of nitrogens with two attached hydrogens (primary N) is 1. The highest BCUT2D eigenvalue weighted by Crippen LogP contribution is 2.23. The molecule has 0 saturated carbocycles. The van der Waals surface area contributed by atoms with Crippen LogP contribution < -0.4 is 11.1 Å². The smallest absolute Gasteiger partial charge is 0.00109 e. The summed E-state index contributed by atoms with van der Waals surface area (Å²) in [6.45, 7) is 13.5. The molecule has 2 heteroatoms. The first-order chi connectivity index (χ1) is 6.83. The molecule has 0 aromatic heterocycles. The van der Waals surface area contributed by atoms with Gasteiger partial charge in [0.15, 0.2) is 0 Å². The number of nitrogens with one attached hydrogen (secondary N) is 1. The highest BCUT2D eigenvalue weighted by atomic mass is 14.9. The van der Waals surface area contributed by atoms with Crippen molar-refractivity contribution in [3.05, 3.63) is 0 Å². The summed E-state index contributed by atoms with van der Waals surface area (Å²) in [5, 5.41) is 3.53. The van der Waals surface area contributed by atoms with Gasteiger partial charge in [0, 0.05) is 12.6 Å². The molecule has 0 heterocycles. The maximum absolute atomic E-state index is 5.70. The van der Waals surface area contributed by atoms with Gasteiger partial charge in [-0.05, 0) is 44.1 Å². The zero-order valence-electron chi connectivity index (χ0n) is 11.3. The molecule has 0 fully saturated rings. The second-order valence-corrected chi connectivity index (χ2v) is 6.06. The van der Waals surface area contributed by atoms with Crippen molar-refractivity contribution >= 4 is 0 Å². The number of hydrogen-bond donors (Lipinski definition) is 2. The minimum absolute atomic E-state index is 0.343. The molecule has 0 amide bonds. The van der Waals surface area contributed by atoms with E-state index >= 15 is 0 Å². The van der Waals surface area contributed by atoms with Gasteiger partial charge < -0.3 is 11.1 Å². The van der Waals surface area contributed by atoms with E-state index in [0.29, 0.717) is 11.5 Å². The molecule has 15 heavy (non-hydrogen) atoms. The third-order valence-corrected chi connectivity index (χ3v) is 2.58. The Balaban J connectivity index is 3.48. The molecule has 2 nitrogen and oxygen atoms in total. The minimum atomic E-state index is 0.343. The fourth-order valence-corrected chi connectivity index (χ4v) is 2.15. The Morgan fingerprint density at radius 2 is 1.80 bits per heavy atom. The summed E-state index contributed by atoms with van der Waals surface area (Å²) in [6, 6.07) is 0.343. The zero-order valence-corrected chi connectivity index (χ0v) is 11.3. The Kier molecular flexibility index (Phi) is 7.20. The van der Waals surface area contributed by atoms with Gasteiger partial charge in [0.25, 0.3) is 0 Å². The molecule has 0 aliphatic heterocycles. The summed E-state index contributed by atoms with van der Waals surface area (Å²) in [7, 11) is 0. The van der Waals surface area contributed by atoms with Gasteiger partial charge >= 0.3 is 0 Å². The molecule has 0 spiro atoms. The lowest BCUT2D eigenvalue weighted by Gasteiger charge is -2.27. The molecule has 0 radical (unpaired) electrons. The molecule has 1 atom stereocenters. The van der Waals surface area contributed by atoms with Crippen LogP contribution in [0.2, 0.25) is 0 Å². The summed E-state index contributed by atoms with van der Waals surface area (Å²) in [6.07, 6.45) is 3.60. The first kappa shape index (κ1) is 14.9. The summed E-state index contributed by atoms with van der Waals surface area (Å²) in [4.78, 5) is 0. The van der Waals surface area contributed by atoms with Crippen molar-refractivity contribution in [1.82, 2.24) is 5.32 Å². The van der Waals surface area contributed by atoms with Crippen LogP contribution in [0.4, 0.5) is 0 Å². The second kappa shape index (κ2) is 7.24. The normalized spacial score (nSPS) is 14.6. The summed E-state index contributed by atoms with van der Waals surface area (Å²) in [5.41, 5.74) is 6.12. The maximum atomic E-state index is 5.70. The molecular formula is C13H30N2. The van der Waals surface area contributed by atoms with E-state index in [-0.39, 0.29) is 0 Å². The molecule has 0 aliphatic rings. The first-order valence-corrected chi connectivity index (χ1v) is 6.30. The van der Waals surface area contributed by atoms with Crippen LogP contribution in [0.1, 0.15) is 53.9 Å². The average Bonchev–Trinajstić information content (AvgIpc) is 1.99. The average molecular weight is 214 g/mol. The van der Waals surface area contributed by atoms with Crippen molar-refractivity contribution in [1.29, 1.82) is 0 Å². The van der Waals surface area contributed by atoms with Crippen molar-refractivity contribution in [2.45, 2.75) is 59.9 Å². The standard InChI is InChI=1S/C13H30N2/c1-11(2)9-13(4,5)10-15-8-6-7-12(3)14/h11-12,15H,6-10,14H2,1-5H3. The van der Waals surface area contributed by atoms with Gasteiger partial charge in [0.2, 0.25) is 0 Å². The van der Waals surface area contributed by atoms with Gasteiger partial charge in [-0.2, -0.15) is 0 Å². The lowest BCUT2D eigenvalue weighted by molar-refractivity contribution is 0.273. The topological polar surface area (TPSA) is 38.0 Å². The Morgan fingerprint density at radius 3 is 2.27 bits per heavy atom. The predicted molar refractivity (Wildman–Crippen MR) is 69.0 cm³/mol. The van der Waals surface area contributed by atoms with Crippen LogP contribution >= 0.6 is 0 Å². The van der Waals surface area contributed by atoms with Crippen molar-refractivity contribution in [2.24, 2.45) is 17.1 Å². The highest BCUT2D eigenvalue weighted by Gasteiger charge is 2.18. The molecule has 1 unspecified atom stereocenters. The third-order valence-electron chi connectivity index (χ3n) is 2.58. The van der Waals surface area contributed by atoms with Crippen LogP contribution in [0.25, 0.3) is 0 Å². The second-order valence-electron chi connectivity index (χ2n) is 6.06. The van der Waals surface area contributed by atoms with Gasteiger partial charge in [-0.15, -0.1) is 0 Å². The molecular weight excluding hydrogens is 184 g/mol. The van der Waals surface area contributed by atoms with E-state index in [4.69, 9.17) is 5.73 Å². The fraction of sp³-hybridized carbons (Fsp3) is 1.00. The van der Waals surface area contributed by atoms with Gasteiger partial charge in [-0.25, -0.2) is 0 Å². The minimum Gasteiger partial charge on any atom is -0.328 e. The lowest BCUT2D eigenvalue weighted by Crippen LogP contribution is -2.31. The zero-order chi connectivity index (χ0) is 11.9. The van der Waals surface area contributed by atoms with Crippen LogP contribution in [-0.4, -0.2) is 19.1 Å². The largest absolute Gasteiger partial charge is 0.328 e. The summed E-state index contributed by atoms with van der Waals surface area (Å²) < 4.78 is 0. The van der Waals surface area contributed by atoms with E-state index in [1.807, 2.05) is 0 Å². The van der Waals surface area contributed by atoms with Crippen LogP contribution in [0.3, 0.4) is 0 Å². The fourth-order valence-electron chi connectivity index (χ4n) is 2.15. The van der Waals surface area contributed by atoms with Crippen molar-refractivity contribution in [3.8, 4) is 0 Å². The third kappa shape index (κ3) is 10.2. The van der Waals surface area contributed by atoms with Gasteiger partial charge in [-0.3, -0.25) is 0 Å². The van der Waals surface area contributed by atoms with E-state index < -0.39 is 0 Å². The molecule has 0 saturated heterocycles. The van der Waals surface area contributed by atoms with Crippen molar-refractivity contribution in [3.63, 3.8) is 0 Å². The molecule has 0 bridgehead atoms. The van der Waals surface area contributed by atoms with E-state index in [2.05, 4.69) is 39.9 Å². The van der Waals surface area contributed by atoms with Gasteiger partial charge in [0.05, 0.1) is 0 Å². The van der Waals surface area contributed by atoms with E-state index in [9.17, 15) is 0 Å². The molecule has 3 N–H and O–H groups in total. The van der Waals surface area contributed by atoms with Crippen molar-refractivity contribution < 1.29 is 0 Å². The summed E-state index contributed by atoms with van der Waals surface area (Å²) >= 11 is 0. The van der Waals surface area contributed by atoms with E-state index in [1.54, 1.807) is 0 Å². The molecule has 0 aromatic rings. The van der Waals surface area contributed by atoms with Gasteiger partial charge in [-0.1, -0.05) is 27.7 Å². The molecule has 0 aliphatic carbocycles. The monoisotopic (exact) mass is 214 g/mol. The lowest BCUT2D eigenvalue weighted by atomic mass is 9.84. The Bertz CT molecular complexity index is 151. The Hall–Kier alpha value is -0.0800. The predicted octanol–water partition coefficient (Wildman–Crippen LogP) is 2.78. The SMILES string of the molecule is CC(C)CC(C)(C)CNCCCC(C)N. The van der Waals surface area contributed by atoms with Crippen LogP contribution in [0.15, 0.2) is 0 Å².